The van der Waals surface area contributed by atoms with Gasteiger partial charge in [-0.15, -0.1) is 0 Å². The first-order valence-electron chi connectivity index (χ1n) is 21.8. The summed E-state index contributed by atoms with van der Waals surface area (Å²) in [5.74, 6) is 0.482. The Bertz CT molecular complexity index is 2140. The first-order chi connectivity index (χ1) is 26.2. The van der Waals surface area contributed by atoms with Crippen LogP contribution >= 0.6 is 0 Å². The average molecular weight is 763 g/mol. The molecule has 0 bridgehead atoms. The highest BCUT2D eigenvalue weighted by Crippen LogP contribution is 2.74. The van der Waals surface area contributed by atoms with Crippen LogP contribution in [0.5, 0.6) is 0 Å². The van der Waals surface area contributed by atoms with Gasteiger partial charge < -0.3 is 4.74 Å². The number of unbranched alkanes of at least 4 members (excludes halogenated alkanes) is 3. The van der Waals surface area contributed by atoms with Gasteiger partial charge >= 0.3 is 0 Å². The molecule has 4 aromatic carbocycles. The Labute approximate surface area is 342 Å². The highest BCUT2D eigenvalue weighted by Gasteiger charge is 2.76. The van der Waals surface area contributed by atoms with Crippen molar-refractivity contribution < 1.29 is 4.74 Å². The van der Waals surface area contributed by atoms with E-state index in [0.29, 0.717) is 5.92 Å². The summed E-state index contributed by atoms with van der Waals surface area (Å²) in [6, 6.07) is 34.8. The van der Waals surface area contributed by atoms with Crippen molar-refractivity contribution in [3.8, 4) is 22.3 Å². The van der Waals surface area contributed by atoms with E-state index in [1.807, 2.05) is 0 Å². The van der Waals surface area contributed by atoms with E-state index in [9.17, 15) is 0 Å². The molecule has 2 heteroatoms. The molecule has 296 valence electrons. The first-order valence-corrected chi connectivity index (χ1v) is 24.5. The molecular weight excluding hydrogens is 693 g/mol. The Kier molecular flexibility index (Phi) is 10.5. The van der Waals surface area contributed by atoms with Crippen molar-refractivity contribution in [2.75, 3.05) is 6.61 Å². The van der Waals surface area contributed by atoms with Crippen LogP contribution in [0.25, 0.3) is 34.4 Å². The van der Waals surface area contributed by atoms with Crippen molar-refractivity contribution in [2.24, 2.45) is 5.92 Å². The fourth-order valence-corrected chi connectivity index (χ4v) is 18.3. The molecule has 0 amide bonds. The zero-order chi connectivity index (χ0) is 40.5. The van der Waals surface area contributed by atoms with Crippen LogP contribution in [0.3, 0.4) is 0 Å². The van der Waals surface area contributed by atoms with Gasteiger partial charge in [0.05, 0.1) is 13.7 Å². The van der Waals surface area contributed by atoms with Gasteiger partial charge in [-0.05, 0) is 113 Å². The Morgan fingerprint density at radius 2 is 1.09 bits per heavy atom. The molecule has 0 radical (unpaired) electrons. The monoisotopic (exact) mass is 763 g/mol. The Balaban J connectivity index is 1.33. The number of hydrogen-bond donors (Lipinski definition) is 0. The molecule has 3 atom stereocenters. The molecule has 0 aromatic heterocycles. The van der Waals surface area contributed by atoms with Gasteiger partial charge in [0.15, 0.2) is 0 Å². The van der Waals surface area contributed by atoms with Gasteiger partial charge in [0, 0.05) is 16.7 Å². The molecular formula is C54H70OSi. The van der Waals surface area contributed by atoms with Crippen LogP contribution in [0.2, 0.25) is 12.6 Å². The number of ether oxygens (including phenoxy) is 1. The summed E-state index contributed by atoms with van der Waals surface area (Å²) in [6.07, 6.45) is 11.4. The lowest BCUT2D eigenvalue weighted by Crippen LogP contribution is -2.78. The number of fused-ring (bicyclic) bond motifs is 4. The van der Waals surface area contributed by atoms with E-state index in [1.165, 1.54) is 76.2 Å². The van der Waals surface area contributed by atoms with E-state index < -0.39 is 8.07 Å². The van der Waals surface area contributed by atoms with Gasteiger partial charge in [-0.3, -0.25) is 0 Å². The predicted octanol–water partition coefficient (Wildman–Crippen LogP) is 15.2. The number of rotatable bonds is 10. The zero-order valence-electron chi connectivity index (χ0n) is 37.2. The van der Waals surface area contributed by atoms with Gasteiger partial charge in [0.1, 0.15) is 0 Å². The van der Waals surface area contributed by atoms with E-state index in [2.05, 4.69) is 187 Å². The molecule has 0 N–H and O–H groups in total. The van der Waals surface area contributed by atoms with Gasteiger partial charge in [0.25, 0.3) is 0 Å². The molecule has 1 fully saturated rings. The quantitative estimate of drug-likeness (QED) is 0.115. The molecule has 2 spiro atoms. The highest BCUT2D eigenvalue weighted by atomic mass is 28.3. The smallest absolute Gasteiger partial charge is 0.0829 e. The fraction of sp³-hybridized carbons (Fsp3) is 0.481. The van der Waals surface area contributed by atoms with Crippen LogP contribution in [-0.4, -0.2) is 20.3 Å². The highest BCUT2D eigenvalue weighted by molar-refractivity contribution is 6.89. The van der Waals surface area contributed by atoms with Crippen molar-refractivity contribution in [1.29, 1.82) is 0 Å². The van der Waals surface area contributed by atoms with Crippen LogP contribution in [0.4, 0.5) is 0 Å². The molecule has 4 aromatic rings. The van der Waals surface area contributed by atoms with E-state index in [-0.39, 0.29) is 26.5 Å². The number of hydrogen-bond acceptors (Lipinski definition) is 1. The Morgan fingerprint density at radius 3 is 1.57 bits per heavy atom. The number of allylic oxidation sites excluding steroid dienone is 2. The average Bonchev–Trinajstić information content (AvgIpc) is 3.65. The van der Waals surface area contributed by atoms with Crippen LogP contribution < -0.4 is 0 Å². The molecule has 56 heavy (non-hydrogen) atoms. The van der Waals surface area contributed by atoms with Gasteiger partial charge in [-0.25, -0.2) is 0 Å². The van der Waals surface area contributed by atoms with Gasteiger partial charge in [-0.2, -0.15) is 0 Å². The van der Waals surface area contributed by atoms with Crippen molar-refractivity contribution in [3.63, 3.8) is 0 Å². The largest absolute Gasteiger partial charge is 0.376 e. The molecule has 1 aliphatic heterocycles. The predicted molar refractivity (Wildman–Crippen MR) is 246 cm³/mol. The number of benzene rings is 4. The lowest BCUT2D eigenvalue weighted by molar-refractivity contribution is -0.00472. The lowest BCUT2D eigenvalue weighted by Gasteiger charge is -2.70. The second-order valence-corrected chi connectivity index (χ2v) is 26.1. The minimum Gasteiger partial charge on any atom is -0.376 e. The molecule has 7 rings (SSSR count). The van der Waals surface area contributed by atoms with E-state index in [1.54, 1.807) is 22.3 Å². The third-order valence-corrected chi connectivity index (χ3v) is 20.9. The molecule has 3 aliphatic rings. The Hall–Kier alpha value is -3.46. The molecule has 3 unspecified atom stereocenters. The standard InChI is InChI=1S/C54H70OSi/c1-37(2)49-35-46-44(40-26-30-42(31-27-40)51(7,8)9)21-19-23-48(46)54(49)36-53(56(54,13)33-17-15-14-16-32-55-52(10,11)12)38(3)34-45-43(20-18-22-47(45)53)39-24-28-41(29-25-39)50(4,5)6/h18-31,34-35,37H,14-17,32-33,36H2,1-13H3. The van der Waals surface area contributed by atoms with Gasteiger partial charge in [-0.1, -0.05) is 195 Å². The fourth-order valence-electron chi connectivity index (χ4n) is 11.2. The second-order valence-electron chi connectivity index (χ2n) is 21.2. The van der Waals surface area contributed by atoms with E-state index in [0.717, 1.165) is 13.0 Å². The van der Waals surface area contributed by atoms with Crippen molar-refractivity contribution >= 4 is 20.2 Å². The normalized spacial score (nSPS) is 23.0. The summed E-state index contributed by atoms with van der Waals surface area (Å²) in [4.78, 5) is 0. The van der Waals surface area contributed by atoms with Crippen LogP contribution in [-0.2, 0) is 25.6 Å². The maximum Gasteiger partial charge on any atom is 0.0829 e. The minimum absolute atomic E-state index is 0.0682. The second kappa shape index (κ2) is 14.4. The van der Waals surface area contributed by atoms with Crippen molar-refractivity contribution in [3.05, 3.63) is 129 Å². The van der Waals surface area contributed by atoms with E-state index in [4.69, 9.17) is 4.74 Å². The molecule has 1 heterocycles. The SMILES string of the molecule is CC1=Cc2c(-c3ccc(C(C)(C)C)cc3)cccc2C12CC1(C(C(C)C)=Cc3c(-c4ccc(C(C)(C)C)cc4)cccc31)[Si]2(C)CCCCCCOC(C)(C)C. The van der Waals surface area contributed by atoms with Gasteiger partial charge in [0.2, 0.25) is 0 Å². The molecule has 2 aliphatic carbocycles. The van der Waals surface area contributed by atoms with Crippen LogP contribution in [0.15, 0.2) is 96.1 Å². The third-order valence-electron chi connectivity index (χ3n) is 14.2. The zero-order valence-corrected chi connectivity index (χ0v) is 38.2. The van der Waals surface area contributed by atoms with Crippen LogP contribution in [0.1, 0.15) is 149 Å². The summed E-state index contributed by atoms with van der Waals surface area (Å²) in [5, 5.41) is 0.216. The topological polar surface area (TPSA) is 9.23 Å². The minimum atomic E-state index is -2.20. The summed E-state index contributed by atoms with van der Waals surface area (Å²) < 4.78 is 6.13. The molecule has 1 nitrogen and oxygen atoms in total. The Morgan fingerprint density at radius 1 is 0.607 bits per heavy atom. The van der Waals surface area contributed by atoms with Crippen LogP contribution in [0, 0.1) is 5.92 Å². The lowest BCUT2D eigenvalue weighted by atomic mass is 9.74. The summed E-state index contributed by atoms with van der Waals surface area (Å²) in [7, 11) is -2.20. The summed E-state index contributed by atoms with van der Waals surface area (Å²) in [6.45, 7) is 31.5. The summed E-state index contributed by atoms with van der Waals surface area (Å²) >= 11 is 0. The first kappa shape index (κ1) is 40.7. The third kappa shape index (κ3) is 6.65. The maximum absolute atomic E-state index is 6.13. The van der Waals surface area contributed by atoms with Crippen molar-refractivity contribution in [2.45, 2.75) is 154 Å². The van der Waals surface area contributed by atoms with Crippen molar-refractivity contribution in [1.82, 2.24) is 0 Å². The molecule has 0 saturated carbocycles. The summed E-state index contributed by atoms with van der Waals surface area (Å²) in [5.41, 5.74) is 17.9. The molecule has 1 saturated heterocycles. The van der Waals surface area contributed by atoms with E-state index >= 15 is 0 Å². The maximum atomic E-state index is 6.13.